The highest BCUT2D eigenvalue weighted by atomic mass is 16.2. The van der Waals surface area contributed by atoms with Crippen molar-refractivity contribution in [3.05, 3.63) is 35.6 Å². The van der Waals surface area contributed by atoms with Gasteiger partial charge in [0.05, 0.1) is 5.71 Å². The molecule has 4 nitrogen and oxygen atoms in total. The van der Waals surface area contributed by atoms with Crippen LogP contribution in [0.25, 0.3) is 0 Å². The van der Waals surface area contributed by atoms with E-state index in [4.69, 9.17) is 0 Å². The van der Waals surface area contributed by atoms with Gasteiger partial charge in [-0.1, -0.05) is 44.3 Å². The summed E-state index contributed by atoms with van der Waals surface area (Å²) in [5.41, 5.74) is 2.64. The molecule has 1 saturated carbocycles. The molecule has 0 radical (unpaired) electrons. The van der Waals surface area contributed by atoms with Crippen molar-refractivity contribution in [1.29, 1.82) is 0 Å². The minimum absolute atomic E-state index is 0.00823. The van der Waals surface area contributed by atoms with Crippen molar-refractivity contribution in [3.63, 3.8) is 0 Å². The van der Waals surface area contributed by atoms with Gasteiger partial charge in [0, 0.05) is 23.6 Å². The molecular weight excluding hydrogens is 288 g/mol. The Morgan fingerprint density at radius 1 is 1.26 bits per heavy atom. The number of rotatable bonds is 3. The highest BCUT2D eigenvalue weighted by Gasteiger charge is 2.26. The van der Waals surface area contributed by atoms with E-state index in [1.807, 2.05) is 18.2 Å². The van der Waals surface area contributed by atoms with Crippen LogP contribution in [0.15, 0.2) is 40.6 Å². The van der Waals surface area contributed by atoms with Crippen LogP contribution < -0.4 is 5.32 Å². The third-order valence-electron chi connectivity index (χ3n) is 4.81. The molecule has 1 fully saturated rings. The monoisotopic (exact) mass is 312 g/mol. The molecule has 2 aliphatic carbocycles. The van der Waals surface area contributed by atoms with Gasteiger partial charge in [-0.25, -0.2) is 4.99 Å². The molecule has 0 saturated heterocycles. The zero-order valence-electron chi connectivity index (χ0n) is 13.7. The average molecular weight is 312 g/mol. The first-order valence-corrected chi connectivity index (χ1v) is 8.71. The molecule has 1 atom stereocenters. The molecule has 0 aromatic carbocycles. The highest BCUT2D eigenvalue weighted by molar-refractivity contribution is 6.11. The lowest BCUT2D eigenvalue weighted by molar-refractivity contribution is -0.122. The number of amides is 2. The molecule has 1 N–H and O–H groups in total. The normalized spacial score (nSPS) is 26.4. The molecule has 0 spiro atoms. The smallest absolute Gasteiger partial charge is 0.249 e. The van der Waals surface area contributed by atoms with E-state index < -0.39 is 0 Å². The summed E-state index contributed by atoms with van der Waals surface area (Å²) >= 11 is 0. The van der Waals surface area contributed by atoms with Gasteiger partial charge in [-0.05, 0) is 31.4 Å². The summed E-state index contributed by atoms with van der Waals surface area (Å²) in [6, 6.07) is 0. The topological polar surface area (TPSA) is 58.5 Å². The Morgan fingerprint density at radius 3 is 2.78 bits per heavy atom. The summed E-state index contributed by atoms with van der Waals surface area (Å²) < 4.78 is 0. The number of nitrogens with one attached hydrogen (secondary N) is 1. The molecule has 3 rings (SSSR count). The van der Waals surface area contributed by atoms with E-state index in [-0.39, 0.29) is 23.7 Å². The minimum atomic E-state index is -0.0794. The first-order chi connectivity index (χ1) is 11.2. The highest BCUT2D eigenvalue weighted by Crippen LogP contribution is 2.30. The first-order valence-electron chi connectivity index (χ1n) is 8.71. The minimum Gasteiger partial charge on any atom is -0.325 e. The number of nitrogens with zero attached hydrogens (tertiary/aromatic N) is 1. The van der Waals surface area contributed by atoms with Gasteiger partial charge >= 0.3 is 0 Å². The molecule has 122 valence electrons. The van der Waals surface area contributed by atoms with Crippen LogP contribution in [0, 0.1) is 11.8 Å². The Hall–Kier alpha value is -1.97. The maximum atomic E-state index is 12.3. The molecule has 1 aliphatic heterocycles. The van der Waals surface area contributed by atoms with E-state index in [0.717, 1.165) is 49.8 Å². The van der Waals surface area contributed by atoms with Crippen molar-refractivity contribution in [2.75, 3.05) is 0 Å². The fourth-order valence-corrected chi connectivity index (χ4v) is 3.62. The van der Waals surface area contributed by atoms with Crippen molar-refractivity contribution in [2.24, 2.45) is 16.8 Å². The number of aliphatic imine (C=N–C) groups is 1. The Labute approximate surface area is 137 Å². The van der Waals surface area contributed by atoms with Crippen LogP contribution >= 0.6 is 0 Å². The van der Waals surface area contributed by atoms with Crippen LogP contribution in [-0.4, -0.2) is 17.5 Å². The van der Waals surface area contributed by atoms with E-state index in [2.05, 4.69) is 17.2 Å². The van der Waals surface area contributed by atoms with Gasteiger partial charge in [-0.3, -0.25) is 9.59 Å². The first kappa shape index (κ1) is 15.9. The second-order valence-electron chi connectivity index (χ2n) is 6.60. The summed E-state index contributed by atoms with van der Waals surface area (Å²) in [6.45, 7) is 2.11. The quantitative estimate of drug-likeness (QED) is 0.867. The van der Waals surface area contributed by atoms with Gasteiger partial charge in [-0.15, -0.1) is 0 Å². The third-order valence-corrected chi connectivity index (χ3v) is 4.81. The standard InChI is InChI=1S/C19H24N2O2/c1-2-6-14-11-18(22)21-17-12-15(9-10-16(14)17)20-19(23)13-7-4-3-5-8-13/h9-13,16H,2-8H2,1H3,(H,21,22). The Balaban J connectivity index is 1.76. The fraction of sp³-hybridized carbons (Fsp3) is 0.526. The zero-order chi connectivity index (χ0) is 16.2. The Bertz CT molecular complexity index is 619. The Kier molecular flexibility index (Phi) is 4.89. The van der Waals surface area contributed by atoms with Gasteiger partial charge in [0.15, 0.2) is 0 Å². The van der Waals surface area contributed by atoms with E-state index >= 15 is 0 Å². The lowest BCUT2D eigenvalue weighted by Crippen LogP contribution is -2.33. The number of hydrogen-bond donors (Lipinski definition) is 1. The van der Waals surface area contributed by atoms with Crippen molar-refractivity contribution in [2.45, 2.75) is 51.9 Å². The molecular formula is C19H24N2O2. The summed E-state index contributed by atoms with van der Waals surface area (Å²) in [4.78, 5) is 28.4. The van der Waals surface area contributed by atoms with E-state index in [9.17, 15) is 9.59 Å². The number of fused-ring (bicyclic) bond motifs is 1. The van der Waals surface area contributed by atoms with E-state index in [1.165, 1.54) is 6.42 Å². The fourth-order valence-electron chi connectivity index (χ4n) is 3.62. The summed E-state index contributed by atoms with van der Waals surface area (Å²) in [6.07, 6.45) is 14.8. The number of hydrogen-bond acceptors (Lipinski definition) is 2. The van der Waals surface area contributed by atoms with Crippen molar-refractivity contribution in [1.82, 2.24) is 5.32 Å². The molecule has 0 aromatic heterocycles. The molecule has 4 heteroatoms. The molecule has 23 heavy (non-hydrogen) atoms. The van der Waals surface area contributed by atoms with Crippen LogP contribution in [0.4, 0.5) is 0 Å². The van der Waals surface area contributed by atoms with Crippen molar-refractivity contribution < 1.29 is 9.59 Å². The second-order valence-corrected chi connectivity index (χ2v) is 6.60. The number of carbonyl (C=O) groups excluding carboxylic acids is 2. The lowest BCUT2D eigenvalue weighted by Gasteiger charge is -2.27. The predicted octanol–water partition coefficient (Wildman–Crippen LogP) is 3.46. The van der Waals surface area contributed by atoms with Crippen LogP contribution in [-0.2, 0) is 9.59 Å². The van der Waals surface area contributed by atoms with Gasteiger partial charge in [0.2, 0.25) is 11.8 Å². The largest absolute Gasteiger partial charge is 0.325 e. The summed E-state index contributed by atoms with van der Waals surface area (Å²) in [7, 11) is 0. The van der Waals surface area contributed by atoms with Gasteiger partial charge in [-0.2, -0.15) is 0 Å². The van der Waals surface area contributed by atoms with Crippen LogP contribution in [0.5, 0.6) is 0 Å². The van der Waals surface area contributed by atoms with E-state index in [0.29, 0.717) is 5.71 Å². The maximum Gasteiger partial charge on any atom is 0.249 e. The van der Waals surface area contributed by atoms with Gasteiger partial charge in [0.1, 0.15) is 0 Å². The zero-order valence-corrected chi connectivity index (χ0v) is 13.7. The summed E-state index contributed by atoms with van der Waals surface area (Å²) in [5.74, 6) is 0.115. The molecule has 0 aromatic rings. The van der Waals surface area contributed by atoms with Crippen LogP contribution in [0.3, 0.4) is 0 Å². The molecule has 2 amide bonds. The lowest BCUT2D eigenvalue weighted by atomic mass is 9.85. The van der Waals surface area contributed by atoms with Crippen molar-refractivity contribution >= 4 is 17.5 Å². The molecule has 0 bridgehead atoms. The molecule has 1 heterocycles. The van der Waals surface area contributed by atoms with Gasteiger partial charge < -0.3 is 5.32 Å². The number of carbonyl (C=O) groups is 2. The average Bonchev–Trinajstić information content (AvgIpc) is 2.55. The third kappa shape index (κ3) is 3.69. The van der Waals surface area contributed by atoms with Gasteiger partial charge in [0.25, 0.3) is 0 Å². The van der Waals surface area contributed by atoms with Crippen molar-refractivity contribution in [3.8, 4) is 0 Å². The van der Waals surface area contributed by atoms with Crippen LogP contribution in [0.2, 0.25) is 0 Å². The molecule has 1 unspecified atom stereocenters. The number of allylic oxidation sites excluding steroid dienone is 3. The maximum absolute atomic E-state index is 12.3. The van der Waals surface area contributed by atoms with E-state index in [1.54, 1.807) is 6.08 Å². The second kappa shape index (κ2) is 7.07. The predicted molar refractivity (Wildman–Crippen MR) is 90.9 cm³/mol. The molecule has 3 aliphatic rings. The SMILES string of the molecule is CCCC1=CC(=O)NC2=CC(=NC(=O)C3CCCCC3)C=CC12. The van der Waals surface area contributed by atoms with Crippen LogP contribution in [0.1, 0.15) is 51.9 Å². The Morgan fingerprint density at radius 2 is 2.04 bits per heavy atom. The summed E-state index contributed by atoms with van der Waals surface area (Å²) in [5, 5.41) is 2.89.